The Kier molecular flexibility index (Phi) is 4.32. The number of likely N-dealkylation sites (tertiary alicyclic amines) is 1. The Hall–Kier alpha value is -2.37. The molecule has 1 saturated heterocycles. The lowest BCUT2D eigenvalue weighted by Gasteiger charge is -2.33. The Bertz CT molecular complexity index is 635. The molecule has 122 valence electrons. The molecule has 1 aromatic rings. The van der Waals surface area contributed by atoms with E-state index in [4.69, 9.17) is 4.74 Å². The second-order valence-electron chi connectivity index (χ2n) is 6.04. The van der Waals surface area contributed by atoms with Gasteiger partial charge in [0, 0.05) is 32.5 Å². The fourth-order valence-electron chi connectivity index (χ4n) is 3.11. The average Bonchev–Trinajstić information content (AvgIpc) is 2.55. The molecule has 0 bridgehead atoms. The maximum atomic E-state index is 12.4. The average molecular weight is 316 g/mol. The van der Waals surface area contributed by atoms with Crippen molar-refractivity contribution in [1.29, 1.82) is 0 Å². The van der Waals surface area contributed by atoms with Gasteiger partial charge in [-0.05, 0) is 24.5 Å². The standard InChI is InChI=1S/C17H20N2O4/c1-11(20)19-8-6-13(7-9-19)18-16(21)15-10-12-4-2-3-5-14(12)17(22)23-15/h2-5,13,15H,6-10H2,1H3,(H,18,21). The monoisotopic (exact) mass is 316 g/mol. The topological polar surface area (TPSA) is 75.7 Å². The number of rotatable bonds is 2. The van der Waals surface area contributed by atoms with Gasteiger partial charge >= 0.3 is 5.97 Å². The van der Waals surface area contributed by atoms with Gasteiger partial charge in [0.05, 0.1) is 5.56 Å². The van der Waals surface area contributed by atoms with Crippen LogP contribution in [0.25, 0.3) is 0 Å². The van der Waals surface area contributed by atoms with Crippen LogP contribution in [0, 0.1) is 0 Å². The largest absolute Gasteiger partial charge is 0.448 e. The van der Waals surface area contributed by atoms with Crippen LogP contribution in [0.15, 0.2) is 24.3 Å². The second-order valence-corrected chi connectivity index (χ2v) is 6.04. The highest BCUT2D eigenvalue weighted by Gasteiger charge is 2.32. The number of nitrogens with one attached hydrogen (secondary N) is 1. The minimum Gasteiger partial charge on any atom is -0.448 e. The van der Waals surface area contributed by atoms with Crippen LogP contribution in [0.5, 0.6) is 0 Å². The molecular formula is C17H20N2O4. The van der Waals surface area contributed by atoms with E-state index in [1.807, 2.05) is 12.1 Å². The van der Waals surface area contributed by atoms with Gasteiger partial charge in [0.2, 0.25) is 5.91 Å². The van der Waals surface area contributed by atoms with Crippen molar-refractivity contribution in [1.82, 2.24) is 10.2 Å². The van der Waals surface area contributed by atoms with Crippen LogP contribution in [0.1, 0.15) is 35.7 Å². The molecule has 6 nitrogen and oxygen atoms in total. The number of piperidine rings is 1. The quantitative estimate of drug-likeness (QED) is 0.822. The molecule has 0 spiro atoms. The number of carbonyl (C=O) groups excluding carboxylic acids is 3. The van der Waals surface area contributed by atoms with Gasteiger partial charge in [0.25, 0.3) is 5.91 Å². The number of amides is 2. The van der Waals surface area contributed by atoms with Gasteiger partial charge in [-0.2, -0.15) is 0 Å². The molecule has 23 heavy (non-hydrogen) atoms. The summed E-state index contributed by atoms with van der Waals surface area (Å²) in [5, 5.41) is 2.95. The number of nitrogens with zero attached hydrogens (tertiary/aromatic N) is 1. The fourth-order valence-corrected chi connectivity index (χ4v) is 3.11. The molecule has 1 N–H and O–H groups in total. The summed E-state index contributed by atoms with van der Waals surface area (Å²) in [4.78, 5) is 37.4. The maximum Gasteiger partial charge on any atom is 0.339 e. The SMILES string of the molecule is CC(=O)N1CCC(NC(=O)C2Cc3ccccc3C(=O)O2)CC1. The zero-order valence-electron chi connectivity index (χ0n) is 13.1. The van der Waals surface area contributed by atoms with Gasteiger partial charge in [-0.15, -0.1) is 0 Å². The molecule has 2 amide bonds. The lowest BCUT2D eigenvalue weighted by Crippen LogP contribution is -2.50. The van der Waals surface area contributed by atoms with Crippen LogP contribution >= 0.6 is 0 Å². The minimum absolute atomic E-state index is 0.0222. The molecule has 6 heteroatoms. The Balaban J connectivity index is 1.58. The zero-order valence-corrected chi connectivity index (χ0v) is 13.1. The third-order valence-corrected chi connectivity index (χ3v) is 4.47. The van der Waals surface area contributed by atoms with Gasteiger partial charge in [-0.3, -0.25) is 9.59 Å². The lowest BCUT2D eigenvalue weighted by molar-refractivity contribution is -0.132. The van der Waals surface area contributed by atoms with Crippen molar-refractivity contribution >= 4 is 17.8 Å². The molecular weight excluding hydrogens is 296 g/mol. The summed E-state index contributed by atoms with van der Waals surface area (Å²) < 4.78 is 5.26. The first kappa shape index (κ1) is 15.5. The van der Waals surface area contributed by atoms with Gasteiger partial charge in [-0.25, -0.2) is 4.79 Å². The van der Waals surface area contributed by atoms with Crippen LogP contribution in [0.2, 0.25) is 0 Å². The van der Waals surface area contributed by atoms with Gasteiger partial charge in [-0.1, -0.05) is 18.2 Å². The number of cyclic esters (lactones) is 1. The highest BCUT2D eigenvalue weighted by Crippen LogP contribution is 2.21. The van der Waals surface area contributed by atoms with Crippen molar-refractivity contribution in [2.24, 2.45) is 0 Å². The van der Waals surface area contributed by atoms with E-state index in [0.717, 1.165) is 18.4 Å². The van der Waals surface area contributed by atoms with E-state index in [0.29, 0.717) is 25.1 Å². The van der Waals surface area contributed by atoms with Crippen LogP contribution in [-0.2, 0) is 20.7 Å². The summed E-state index contributed by atoms with van der Waals surface area (Å²) in [7, 11) is 0. The summed E-state index contributed by atoms with van der Waals surface area (Å²) in [6, 6.07) is 7.21. The zero-order chi connectivity index (χ0) is 16.4. The molecule has 1 aromatic carbocycles. The smallest absolute Gasteiger partial charge is 0.339 e. The molecule has 2 aliphatic rings. The molecule has 3 rings (SSSR count). The van der Waals surface area contributed by atoms with Crippen molar-refractivity contribution in [2.45, 2.75) is 38.3 Å². The Morgan fingerprint density at radius 2 is 1.91 bits per heavy atom. The Labute approximate surface area is 134 Å². The van der Waals surface area contributed by atoms with Crippen molar-refractivity contribution < 1.29 is 19.1 Å². The molecule has 2 heterocycles. The first-order chi connectivity index (χ1) is 11.0. The molecule has 0 saturated carbocycles. The molecule has 1 atom stereocenters. The van der Waals surface area contributed by atoms with E-state index >= 15 is 0 Å². The number of ether oxygens (including phenoxy) is 1. The van der Waals surface area contributed by atoms with E-state index in [2.05, 4.69) is 5.32 Å². The van der Waals surface area contributed by atoms with Crippen LogP contribution in [0.3, 0.4) is 0 Å². The predicted molar refractivity (Wildman–Crippen MR) is 82.8 cm³/mol. The Morgan fingerprint density at radius 1 is 1.22 bits per heavy atom. The number of carbonyl (C=O) groups is 3. The van der Waals surface area contributed by atoms with E-state index in [9.17, 15) is 14.4 Å². The Morgan fingerprint density at radius 3 is 2.61 bits per heavy atom. The van der Waals surface area contributed by atoms with E-state index < -0.39 is 12.1 Å². The molecule has 2 aliphatic heterocycles. The van der Waals surface area contributed by atoms with Gasteiger partial charge in [0.15, 0.2) is 6.10 Å². The van der Waals surface area contributed by atoms with Gasteiger partial charge < -0.3 is 15.0 Å². The predicted octanol–water partition coefficient (Wildman–Crippen LogP) is 0.895. The van der Waals surface area contributed by atoms with E-state index in [-0.39, 0.29) is 17.9 Å². The van der Waals surface area contributed by atoms with Crippen molar-refractivity contribution in [3.63, 3.8) is 0 Å². The number of hydrogen-bond acceptors (Lipinski definition) is 4. The second kappa shape index (κ2) is 6.40. The van der Waals surface area contributed by atoms with Crippen molar-refractivity contribution in [3.05, 3.63) is 35.4 Å². The van der Waals surface area contributed by atoms with Crippen molar-refractivity contribution in [2.75, 3.05) is 13.1 Å². The normalized spacial score (nSPS) is 21.3. The van der Waals surface area contributed by atoms with Gasteiger partial charge in [0.1, 0.15) is 0 Å². The minimum atomic E-state index is -0.775. The number of esters is 1. The number of hydrogen-bond donors (Lipinski definition) is 1. The summed E-state index contributed by atoms with van der Waals surface area (Å²) in [5.74, 6) is -0.639. The van der Waals surface area contributed by atoms with Crippen LogP contribution < -0.4 is 5.32 Å². The first-order valence-corrected chi connectivity index (χ1v) is 7.89. The molecule has 1 fully saturated rings. The highest BCUT2D eigenvalue weighted by molar-refractivity contribution is 5.95. The molecule has 0 aromatic heterocycles. The first-order valence-electron chi connectivity index (χ1n) is 7.89. The van der Waals surface area contributed by atoms with Crippen LogP contribution in [0.4, 0.5) is 0 Å². The molecule has 1 unspecified atom stereocenters. The van der Waals surface area contributed by atoms with Crippen LogP contribution in [-0.4, -0.2) is 47.9 Å². The summed E-state index contributed by atoms with van der Waals surface area (Å²) in [6.45, 7) is 2.85. The lowest BCUT2D eigenvalue weighted by atomic mass is 9.97. The van der Waals surface area contributed by atoms with Crippen molar-refractivity contribution in [3.8, 4) is 0 Å². The third-order valence-electron chi connectivity index (χ3n) is 4.47. The summed E-state index contributed by atoms with van der Waals surface area (Å²) >= 11 is 0. The third kappa shape index (κ3) is 3.36. The molecule has 0 aliphatic carbocycles. The number of fused-ring (bicyclic) bond motifs is 1. The maximum absolute atomic E-state index is 12.4. The summed E-state index contributed by atoms with van der Waals surface area (Å²) in [6.07, 6.45) is 1.08. The highest BCUT2D eigenvalue weighted by atomic mass is 16.5. The van der Waals surface area contributed by atoms with E-state index in [1.54, 1.807) is 24.0 Å². The molecule has 0 radical (unpaired) electrons. The number of benzene rings is 1. The fraction of sp³-hybridized carbons (Fsp3) is 0.471. The summed E-state index contributed by atoms with van der Waals surface area (Å²) in [5.41, 5.74) is 1.38. The van der Waals surface area contributed by atoms with E-state index in [1.165, 1.54) is 0 Å².